The number of ether oxygens (including phenoxy) is 1. The lowest BCUT2D eigenvalue weighted by molar-refractivity contribution is 0.381. The van der Waals surface area contributed by atoms with Crippen LogP contribution in [0.4, 0.5) is 0 Å². The molecular formula is C17H27NO. The predicted molar refractivity (Wildman–Crippen MR) is 80.6 cm³/mol. The average molecular weight is 261 g/mol. The molecule has 1 aliphatic rings. The Balaban J connectivity index is 2.42. The van der Waals surface area contributed by atoms with Crippen molar-refractivity contribution in [1.29, 1.82) is 0 Å². The normalized spacial score (nSPS) is 22.1. The lowest BCUT2D eigenvalue weighted by Gasteiger charge is -2.22. The zero-order valence-electron chi connectivity index (χ0n) is 13.3. The maximum Gasteiger partial charge on any atom is 0.123 e. The van der Waals surface area contributed by atoms with E-state index in [4.69, 9.17) is 4.74 Å². The fourth-order valence-electron chi connectivity index (χ4n) is 3.68. The SMILES string of the molecule is CNC(c1cc(C)ccc1OC)C1C(C)(C)C1(C)C. The highest BCUT2D eigenvalue weighted by atomic mass is 16.5. The van der Waals surface area contributed by atoms with E-state index in [-0.39, 0.29) is 0 Å². The van der Waals surface area contributed by atoms with Gasteiger partial charge in [0.2, 0.25) is 0 Å². The van der Waals surface area contributed by atoms with Crippen molar-refractivity contribution in [2.45, 2.75) is 40.7 Å². The van der Waals surface area contributed by atoms with Crippen LogP contribution in [0.2, 0.25) is 0 Å². The maximum absolute atomic E-state index is 5.56. The minimum Gasteiger partial charge on any atom is -0.496 e. The molecule has 0 bridgehead atoms. The van der Waals surface area contributed by atoms with Crippen LogP contribution in [0.3, 0.4) is 0 Å². The van der Waals surface area contributed by atoms with Gasteiger partial charge in [-0.25, -0.2) is 0 Å². The van der Waals surface area contributed by atoms with Crippen LogP contribution in [0.1, 0.15) is 44.9 Å². The second-order valence-electron chi connectivity index (χ2n) is 6.93. The third-order valence-electron chi connectivity index (χ3n) is 5.50. The topological polar surface area (TPSA) is 21.3 Å². The number of hydrogen-bond donors (Lipinski definition) is 1. The number of hydrogen-bond acceptors (Lipinski definition) is 2. The van der Waals surface area contributed by atoms with Gasteiger partial charge in [-0.3, -0.25) is 0 Å². The Morgan fingerprint density at radius 2 is 1.74 bits per heavy atom. The van der Waals surface area contributed by atoms with Crippen LogP contribution in [0, 0.1) is 23.7 Å². The van der Waals surface area contributed by atoms with Gasteiger partial charge in [-0.1, -0.05) is 45.4 Å². The molecule has 0 heterocycles. The van der Waals surface area contributed by atoms with Crippen LogP contribution in [-0.4, -0.2) is 14.2 Å². The van der Waals surface area contributed by atoms with Gasteiger partial charge in [0, 0.05) is 11.6 Å². The summed E-state index contributed by atoms with van der Waals surface area (Å²) in [5, 5.41) is 3.51. The summed E-state index contributed by atoms with van der Waals surface area (Å²) in [6.45, 7) is 11.6. The minimum absolute atomic E-state index is 0.347. The number of benzene rings is 1. The van der Waals surface area contributed by atoms with E-state index in [1.165, 1.54) is 11.1 Å². The third kappa shape index (κ3) is 2.06. The Morgan fingerprint density at radius 1 is 1.16 bits per heavy atom. The van der Waals surface area contributed by atoms with Crippen molar-refractivity contribution >= 4 is 0 Å². The van der Waals surface area contributed by atoms with Gasteiger partial charge in [0.25, 0.3) is 0 Å². The fourth-order valence-corrected chi connectivity index (χ4v) is 3.68. The Bertz CT molecular complexity index is 462. The predicted octanol–water partition coefficient (Wildman–Crippen LogP) is 3.95. The van der Waals surface area contributed by atoms with E-state index in [1.54, 1.807) is 7.11 Å². The summed E-state index contributed by atoms with van der Waals surface area (Å²) in [7, 11) is 3.81. The van der Waals surface area contributed by atoms with Crippen LogP contribution >= 0.6 is 0 Å². The average Bonchev–Trinajstić information content (AvgIpc) is 2.73. The quantitative estimate of drug-likeness (QED) is 0.886. The molecule has 1 saturated carbocycles. The molecule has 1 aromatic carbocycles. The molecule has 2 nitrogen and oxygen atoms in total. The number of nitrogens with one attached hydrogen (secondary N) is 1. The van der Waals surface area contributed by atoms with Gasteiger partial charge in [0.05, 0.1) is 7.11 Å². The van der Waals surface area contributed by atoms with Crippen molar-refractivity contribution in [2.75, 3.05) is 14.2 Å². The number of methoxy groups -OCH3 is 1. The fraction of sp³-hybridized carbons (Fsp3) is 0.647. The minimum atomic E-state index is 0.347. The summed E-state index contributed by atoms with van der Waals surface area (Å²) in [6.07, 6.45) is 0. The molecule has 0 saturated heterocycles. The third-order valence-corrected chi connectivity index (χ3v) is 5.50. The summed E-state index contributed by atoms with van der Waals surface area (Å²) in [4.78, 5) is 0. The van der Waals surface area contributed by atoms with E-state index < -0.39 is 0 Å². The number of aryl methyl sites for hydroxylation is 1. The molecule has 0 amide bonds. The standard InChI is InChI=1S/C17H27NO/c1-11-8-9-13(19-7)12(10-11)14(18-6)15-16(2,3)17(15,4)5/h8-10,14-15,18H,1-7H3. The first-order valence-corrected chi connectivity index (χ1v) is 7.09. The zero-order chi connectivity index (χ0) is 14.4. The second-order valence-corrected chi connectivity index (χ2v) is 6.93. The molecule has 106 valence electrons. The van der Waals surface area contributed by atoms with Crippen LogP contribution in [-0.2, 0) is 0 Å². The summed E-state index contributed by atoms with van der Waals surface area (Å²) in [5.74, 6) is 1.61. The van der Waals surface area contributed by atoms with Gasteiger partial charge >= 0.3 is 0 Å². The molecule has 1 unspecified atom stereocenters. The Morgan fingerprint density at radius 3 is 2.16 bits per heavy atom. The maximum atomic E-state index is 5.56. The van der Waals surface area contributed by atoms with E-state index in [9.17, 15) is 0 Å². The van der Waals surface area contributed by atoms with Gasteiger partial charge in [0.15, 0.2) is 0 Å². The Hall–Kier alpha value is -1.02. The summed E-state index contributed by atoms with van der Waals surface area (Å²) in [5.41, 5.74) is 3.28. The molecule has 1 aliphatic carbocycles. The lowest BCUT2D eigenvalue weighted by Crippen LogP contribution is -2.22. The molecule has 0 aromatic heterocycles. The van der Waals surface area contributed by atoms with Gasteiger partial charge in [-0.05, 0) is 36.8 Å². The summed E-state index contributed by atoms with van der Waals surface area (Å²) >= 11 is 0. The first-order chi connectivity index (χ1) is 8.77. The van der Waals surface area contributed by atoms with Crippen molar-refractivity contribution < 1.29 is 4.74 Å². The van der Waals surface area contributed by atoms with Crippen molar-refractivity contribution in [3.8, 4) is 5.75 Å². The van der Waals surface area contributed by atoms with E-state index in [0.717, 1.165) is 5.75 Å². The molecule has 1 fully saturated rings. The van der Waals surface area contributed by atoms with Crippen molar-refractivity contribution in [2.24, 2.45) is 16.7 Å². The molecule has 1 aromatic rings. The van der Waals surface area contributed by atoms with Gasteiger partial charge < -0.3 is 10.1 Å². The highest BCUT2D eigenvalue weighted by molar-refractivity contribution is 5.41. The monoisotopic (exact) mass is 261 g/mol. The molecule has 2 rings (SSSR count). The van der Waals surface area contributed by atoms with Crippen LogP contribution in [0.15, 0.2) is 18.2 Å². The molecule has 0 spiro atoms. The Kier molecular flexibility index (Phi) is 3.42. The van der Waals surface area contributed by atoms with Gasteiger partial charge in [0.1, 0.15) is 5.75 Å². The van der Waals surface area contributed by atoms with Crippen molar-refractivity contribution in [3.63, 3.8) is 0 Å². The van der Waals surface area contributed by atoms with Gasteiger partial charge in [-0.15, -0.1) is 0 Å². The van der Waals surface area contributed by atoms with E-state index >= 15 is 0 Å². The molecule has 1 atom stereocenters. The van der Waals surface area contributed by atoms with Crippen LogP contribution in [0.25, 0.3) is 0 Å². The van der Waals surface area contributed by atoms with E-state index in [0.29, 0.717) is 22.8 Å². The van der Waals surface area contributed by atoms with E-state index in [2.05, 4.69) is 65.2 Å². The van der Waals surface area contributed by atoms with Crippen LogP contribution in [0.5, 0.6) is 5.75 Å². The molecule has 19 heavy (non-hydrogen) atoms. The van der Waals surface area contributed by atoms with Gasteiger partial charge in [-0.2, -0.15) is 0 Å². The highest BCUT2D eigenvalue weighted by Crippen LogP contribution is 2.72. The van der Waals surface area contributed by atoms with Crippen LogP contribution < -0.4 is 10.1 Å². The largest absolute Gasteiger partial charge is 0.496 e. The molecular weight excluding hydrogens is 234 g/mol. The molecule has 0 aliphatic heterocycles. The highest BCUT2D eigenvalue weighted by Gasteiger charge is 2.67. The second kappa shape index (κ2) is 4.52. The molecule has 0 radical (unpaired) electrons. The summed E-state index contributed by atoms with van der Waals surface area (Å²) in [6, 6.07) is 6.79. The first-order valence-electron chi connectivity index (χ1n) is 7.09. The smallest absolute Gasteiger partial charge is 0.123 e. The van der Waals surface area contributed by atoms with Crippen molar-refractivity contribution in [3.05, 3.63) is 29.3 Å². The Labute approximate surface area is 117 Å². The van der Waals surface area contributed by atoms with Crippen molar-refractivity contribution in [1.82, 2.24) is 5.32 Å². The molecule has 1 N–H and O–H groups in total. The lowest BCUT2D eigenvalue weighted by atomic mass is 9.94. The number of rotatable bonds is 4. The summed E-state index contributed by atoms with van der Waals surface area (Å²) < 4.78 is 5.56. The van der Waals surface area contributed by atoms with E-state index in [1.807, 2.05) is 0 Å². The first kappa shape index (κ1) is 14.4. The molecule has 2 heteroatoms. The zero-order valence-corrected chi connectivity index (χ0v) is 13.3.